The second-order valence-electron chi connectivity index (χ2n) is 4.87. The number of benzene rings is 1. The van der Waals surface area contributed by atoms with E-state index in [1.165, 1.54) is 0 Å². The summed E-state index contributed by atoms with van der Waals surface area (Å²) in [5.74, 6) is -0.633. The summed E-state index contributed by atoms with van der Waals surface area (Å²) >= 11 is 0. The Hall–Kier alpha value is -0.940. The van der Waals surface area contributed by atoms with Gasteiger partial charge in [-0.05, 0) is 0 Å². The molecule has 1 aromatic carbocycles. The first-order valence-corrected chi connectivity index (χ1v) is 6.89. The fourth-order valence-electron chi connectivity index (χ4n) is 2.60. The third-order valence-corrected chi connectivity index (χ3v) is 3.84. The lowest BCUT2D eigenvalue weighted by Crippen LogP contribution is -2.45. The lowest BCUT2D eigenvalue weighted by molar-refractivity contribution is -0.222. The van der Waals surface area contributed by atoms with Gasteiger partial charge in [-0.15, -0.1) is 0 Å². The zero-order valence-electron chi connectivity index (χ0n) is 11.9. The number of methoxy groups -OCH3 is 2. The van der Waals surface area contributed by atoms with E-state index in [0.717, 1.165) is 44.7 Å². The number of piperazine rings is 1. The number of nitrogens with zero attached hydrogens (tertiary/aromatic N) is 1. The van der Waals surface area contributed by atoms with Crippen LogP contribution in [0.3, 0.4) is 0 Å². The topological polar surface area (TPSA) is 33.7 Å². The molecule has 1 fully saturated rings. The predicted molar refractivity (Wildman–Crippen MR) is 76.1 cm³/mol. The van der Waals surface area contributed by atoms with Gasteiger partial charge in [-0.3, -0.25) is 0 Å². The van der Waals surface area contributed by atoms with Crippen molar-refractivity contribution in [3.05, 3.63) is 35.9 Å². The van der Waals surface area contributed by atoms with Gasteiger partial charge in [0.15, 0.2) is 5.79 Å². The number of rotatable bonds is 6. The average molecular weight is 264 g/mol. The molecule has 1 heterocycles. The monoisotopic (exact) mass is 264 g/mol. The van der Waals surface area contributed by atoms with E-state index < -0.39 is 5.79 Å². The molecule has 2 rings (SSSR count). The van der Waals surface area contributed by atoms with Gasteiger partial charge in [0, 0.05) is 58.9 Å². The molecule has 0 aromatic heterocycles. The van der Waals surface area contributed by atoms with Gasteiger partial charge in [0.2, 0.25) is 0 Å². The summed E-state index contributed by atoms with van der Waals surface area (Å²) < 4.78 is 11.4. The maximum absolute atomic E-state index is 5.70. The Kier molecular flexibility index (Phi) is 5.34. The van der Waals surface area contributed by atoms with Gasteiger partial charge in [0.25, 0.3) is 0 Å². The molecule has 0 aliphatic carbocycles. The Balaban J connectivity index is 2.02. The van der Waals surface area contributed by atoms with E-state index in [-0.39, 0.29) is 0 Å². The van der Waals surface area contributed by atoms with Crippen LogP contribution in [-0.2, 0) is 15.3 Å². The molecule has 1 aromatic rings. The summed E-state index contributed by atoms with van der Waals surface area (Å²) in [7, 11) is 3.43. The Morgan fingerprint density at radius 2 is 1.74 bits per heavy atom. The van der Waals surface area contributed by atoms with Crippen LogP contribution in [0.1, 0.15) is 12.0 Å². The van der Waals surface area contributed by atoms with Crippen molar-refractivity contribution < 1.29 is 9.47 Å². The molecule has 0 radical (unpaired) electrons. The van der Waals surface area contributed by atoms with Crippen LogP contribution in [-0.4, -0.2) is 51.8 Å². The molecule has 0 amide bonds. The van der Waals surface area contributed by atoms with Gasteiger partial charge >= 0.3 is 0 Å². The minimum absolute atomic E-state index is 0.633. The second kappa shape index (κ2) is 7.01. The highest BCUT2D eigenvalue weighted by molar-refractivity contribution is 5.20. The standard InChI is InChI=1S/C15H24N2O2/c1-18-15(19-2,14-6-4-3-5-7-14)8-11-17-12-9-16-10-13-17/h3-7,16H,8-13H2,1-2H3. The first kappa shape index (κ1) is 14.5. The quantitative estimate of drug-likeness (QED) is 0.788. The third-order valence-electron chi connectivity index (χ3n) is 3.84. The summed E-state index contributed by atoms with van der Waals surface area (Å²) in [4.78, 5) is 2.45. The maximum Gasteiger partial charge on any atom is 0.195 e. The fourth-order valence-corrected chi connectivity index (χ4v) is 2.60. The van der Waals surface area contributed by atoms with E-state index in [0.29, 0.717) is 0 Å². The van der Waals surface area contributed by atoms with Crippen LogP contribution in [0.5, 0.6) is 0 Å². The van der Waals surface area contributed by atoms with Crippen molar-refractivity contribution in [2.24, 2.45) is 0 Å². The molecule has 0 unspecified atom stereocenters. The highest BCUT2D eigenvalue weighted by Gasteiger charge is 2.32. The summed E-state index contributed by atoms with van der Waals surface area (Å²) in [5, 5.41) is 3.37. The molecule has 0 spiro atoms. The molecule has 106 valence electrons. The van der Waals surface area contributed by atoms with E-state index in [4.69, 9.17) is 9.47 Å². The zero-order valence-corrected chi connectivity index (χ0v) is 11.9. The zero-order chi connectivity index (χ0) is 13.6. The van der Waals surface area contributed by atoms with Crippen molar-refractivity contribution in [3.63, 3.8) is 0 Å². The van der Waals surface area contributed by atoms with E-state index in [1.54, 1.807) is 14.2 Å². The van der Waals surface area contributed by atoms with Gasteiger partial charge in [0.1, 0.15) is 0 Å². The van der Waals surface area contributed by atoms with Crippen molar-refractivity contribution in [2.75, 3.05) is 46.9 Å². The van der Waals surface area contributed by atoms with E-state index >= 15 is 0 Å². The van der Waals surface area contributed by atoms with Crippen LogP contribution < -0.4 is 5.32 Å². The Morgan fingerprint density at radius 3 is 2.32 bits per heavy atom. The van der Waals surface area contributed by atoms with Crippen molar-refractivity contribution in [2.45, 2.75) is 12.2 Å². The SMILES string of the molecule is COC(CCN1CCNCC1)(OC)c1ccccc1. The van der Waals surface area contributed by atoms with Crippen LogP contribution in [0.2, 0.25) is 0 Å². The largest absolute Gasteiger partial charge is 0.349 e. The number of hydrogen-bond acceptors (Lipinski definition) is 4. The highest BCUT2D eigenvalue weighted by Crippen LogP contribution is 2.29. The van der Waals surface area contributed by atoms with Gasteiger partial charge in [-0.2, -0.15) is 0 Å². The van der Waals surface area contributed by atoms with E-state index in [9.17, 15) is 0 Å². The summed E-state index contributed by atoms with van der Waals surface area (Å²) in [6.07, 6.45) is 0.837. The summed E-state index contributed by atoms with van der Waals surface area (Å²) in [6, 6.07) is 10.2. The molecule has 1 N–H and O–H groups in total. The normalized spacial score (nSPS) is 17.6. The Morgan fingerprint density at radius 1 is 1.11 bits per heavy atom. The molecule has 19 heavy (non-hydrogen) atoms. The number of ether oxygens (including phenoxy) is 2. The molecule has 0 atom stereocenters. The molecular formula is C15H24N2O2. The Bertz CT molecular complexity index is 360. The predicted octanol–water partition coefficient (Wildman–Crippen LogP) is 1.43. The molecular weight excluding hydrogens is 240 g/mol. The third kappa shape index (κ3) is 3.54. The minimum atomic E-state index is -0.633. The molecule has 0 saturated carbocycles. The number of nitrogens with one attached hydrogen (secondary N) is 1. The van der Waals surface area contributed by atoms with Crippen molar-refractivity contribution in [1.29, 1.82) is 0 Å². The minimum Gasteiger partial charge on any atom is -0.349 e. The first-order chi connectivity index (χ1) is 9.30. The van der Waals surface area contributed by atoms with Gasteiger partial charge in [-0.1, -0.05) is 30.3 Å². The van der Waals surface area contributed by atoms with Gasteiger partial charge in [-0.25, -0.2) is 0 Å². The molecule has 1 saturated heterocycles. The van der Waals surface area contributed by atoms with Crippen molar-refractivity contribution >= 4 is 0 Å². The first-order valence-electron chi connectivity index (χ1n) is 6.89. The molecule has 0 bridgehead atoms. The molecule has 1 aliphatic rings. The lowest BCUT2D eigenvalue weighted by atomic mass is 10.0. The van der Waals surface area contributed by atoms with Crippen molar-refractivity contribution in [3.8, 4) is 0 Å². The van der Waals surface area contributed by atoms with Crippen LogP contribution in [0, 0.1) is 0 Å². The lowest BCUT2D eigenvalue weighted by Gasteiger charge is -2.35. The van der Waals surface area contributed by atoms with E-state index in [1.807, 2.05) is 18.2 Å². The molecule has 4 nitrogen and oxygen atoms in total. The highest BCUT2D eigenvalue weighted by atomic mass is 16.7. The van der Waals surface area contributed by atoms with Crippen LogP contribution in [0.15, 0.2) is 30.3 Å². The molecule has 4 heteroatoms. The van der Waals surface area contributed by atoms with Crippen LogP contribution in [0.25, 0.3) is 0 Å². The molecule has 1 aliphatic heterocycles. The van der Waals surface area contributed by atoms with Crippen LogP contribution in [0.4, 0.5) is 0 Å². The number of hydrogen-bond donors (Lipinski definition) is 1. The van der Waals surface area contributed by atoms with Gasteiger partial charge < -0.3 is 19.7 Å². The van der Waals surface area contributed by atoms with E-state index in [2.05, 4.69) is 22.3 Å². The average Bonchev–Trinajstić information content (AvgIpc) is 2.51. The maximum atomic E-state index is 5.70. The smallest absolute Gasteiger partial charge is 0.195 e. The van der Waals surface area contributed by atoms with Crippen molar-refractivity contribution in [1.82, 2.24) is 10.2 Å². The second-order valence-corrected chi connectivity index (χ2v) is 4.87. The van der Waals surface area contributed by atoms with Gasteiger partial charge in [0.05, 0.1) is 0 Å². The summed E-state index contributed by atoms with van der Waals surface area (Å²) in [5.41, 5.74) is 1.08. The fraction of sp³-hybridized carbons (Fsp3) is 0.600. The summed E-state index contributed by atoms with van der Waals surface area (Å²) in [6.45, 7) is 5.31. The Labute approximate surface area is 115 Å². The van der Waals surface area contributed by atoms with Crippen LogP contribution >= 0.6 is 0 Å².